The minimum atomic E-state index is -3.85. The second-order valence-electron chi connectivity index (χ2n) is 7.65. The topological polar surface area (TPSA) is 72.6 Å². The summed E-state index contributed by atoms with van der Waals surface area (Å²) in [5.74, 6) is 1.97. The van der Waals surface area contributed by atoms with E-state index in [0.29, 0.717) is 23.1 Å². The SMILES string of the molecule is CCC1CCN(c2oc(-c3ccc(OC)cc3)nc2S(=O)(=O)c2ccc(Br)cc2)CC1. The third-order valence-electron chi connectivity index (χ3n) is 5.77. The molecule has 2 heterocycles. The van der Waals surface area contributed by atoms with E-state index in [9.17, 15) is 8.42 Å². The zero-order valence-electron chi connectivity index (χ0n) is 17.5. The van der Waals surface area contributed by atoms with Crippen LogP contribution in [0.3, 0.4) is 0 Å². The molecule has 0 spiro atoms. The Balaban J connectivity index is 1.78. The molecule has 0 radical (unpaired) electrons. The van der Waals surface area contributed by atoms with Crippen LogP contribution in [-0.2, 0) is 9.84 Å². The molecule has 1 fully saturated rings. The number of nitrogens with zero attached hydrogens (tertiary/aromatic N) is 2. The number of anilines is 1. The van der Waals surface area contributed by atoms with Crippen molar-refractivity contribution in [3.05, 3.63) is 53.0 Å². The van der Waals surface area contributed by atoms with Gasteiger partial charge in [-0.15, -0.1) is 0 Å². The van der Waals surface area contributed by atoms with E-state index in [1.54, 1.807) is 43.5 Å². The van der Waals surface area contributed by atoms with Crippen LogP contribution in [0, 0.1) is 5.92 Å². The molecule has 8 heteroatoms. The van der Waals surface area contributed by atoms with Crippen molar-refractivity contribution in [1.82, 2.24) is 4.98 Å². The molecule has 0 unspecified atom stereocenters. The first kappa shape index (κ1) is 21.9. The van der Waals surface area contributed by atoms with Gasteiger partial charge in [0.25, 0.3) is 0 Å². The van der Waals surface area contributed by atoms with E-state index < -0.39 is 9.84 Å². The summed E-state index contributed by atoms with van der Waals surface area (Å²) in [5.41, 5.74) is 0.697. The number of hydrogen-bond acceptors (Lipinski definition) is 6. The number of sulfone groups is 1. The van der Waals surface area contributed by atoms with Crippen LogP contribution >= 0.6 is 15.9 Å². The van der Waals surface area contributed by atoms with E-state index in [0.717, 1.165) is 36.8 Å². The average molecular weight is 505 g/mol. The largest absolute Gasteiger partial charge is 0.497 e. The summed E-state index contributed by atoms with van der Waals surface area (Å²) in [6.45, 7) is 3.69. The molecule has 164 valence electrons. The van der Waals surface area contributed by atoms with Gasteiger partial charge in [-0.1, -0.05) is 29.3 Å². The first-order chi connectivity index (χ1) is 14.9. The third kappa shape index (κ3) is 4.50. The highest BCUT2D eigenvalue weighted by atomic mass is 79.9. The zero-order valence-corrected chi connectivity index (χ0v) is 19.9. The Kier molecular flexibility index (Phi) is 6.39. The summed E-state index contributed by atoms with van der Waals surface area (Å²) in [6.07, 6.45) is 3.14. The lowest BCUT2D eigenvalue weighted by Crippen LogP contribution is -2.34. The fraction of sp³-hybridized carbons (Fsp3) is 0.348. The minimum Gasteiger partial charge on any atom is -0.497 e. The molecule has 1 aliphatic rings. The summed E-state index contributed by atoms with van der Waals surface area (Å²) in [4.78, 5) is 6.67. The lowest BCUT2D eigenvalue weighted by atomic mass is 9.95. The molecule has 4 rings (SSSR count). The van der Waals surface area contributed by atoms with Gasteiger partial charge >= 0.3 is 0 Å². The Morgan fingerprint density at radius 3 is 2.32 bits per heavy atom. The highest BCUT2D eigenvalue weighted by Crippen LogP contribution is 2.37. The van der Waals surface area contributed by atoms with Crippen molar-refractivity contribution < 1.29 is 17.6 Å². The van der Waals surface area contributed by atoms with Gasteiger partial charge in [-0.2, -0.15) is 4.98 Å². The second-order valence-corrected chi connectivity index (χ2v) is 10.4. The Morgan fingerprint density at radius 2 is 1.74 bits per heavy atom. The molecule has 1 aromatic heterocycles. The lowest BCUT2D eigenvalue weighted by Gasteiger charge is -2.31. The van der Waals surface area contributed by atoms with Crippen molar-refractivity contribution in [2.24, 2.45) is 5.92 Å². The Labute approximate surface area is 191 Å². The van der Waals surface area contributed by atoms with E-state index in [1.165, 1.54) is 0 Å². The molecule has 6 nitrogen and oxygen atoms in total. The van der Waals surface area contributed by atoms with E-state index in [1.807, 2.05) is 17.0 Å². The van der Waals surface area contributed by atoms with E-state index in [-0.39, 0.29) is 15.8 Å². The second kappa shape index (κ2) is 9.04. The minimum absolute atomic E-state index is 0.0319. The molecule has 1 aliphatic heterocycles. The van der Waals surface area contributed by atoms with Crippen LogP contribution < -0.4 is 9.64 Å². The first-order valence-electron chi connectivity index (χ1n) is 10.3. The van der Waals surface area contributed by atoms with Crippen molar-refractivity contribution in [1.29, 1.82) is 0 Å². The van der Waals surface area contributed by atoms with Crippen molar-refractivity contribution in [2.45, 2.75) is 36.1 Å². The van der Waals surface area contributed by atoms with Gasteiger partial charge in [0, 0.05) is 23.1 Å². The fourth-order valence-electron chi connectivity index (χ4n) is 3.80. The van der Waals surface area contributed by atoms with E-state index in [2.05, 4.69) is 27.8 Å². The maximum Gasteiger partial charge on any atom is 0.236 e. The predicted octanol–water partition coefficient (Wildman–Crippen LogP) is 5.57. The molecule has 0 amide bonds. The van der Waals surface area contributed by atoms with Crippen LogP contribution in [0.25, 0.3) is 11.5 Å². The molecule has 0 bridgehead atoms. The molecule has 0 saturated carbocycles. The Hall–Kier alpha value is -2.32. The number of piperidine rings is 1. The fourth-order valence-corrected chi connectivity index (χ4v) is 5.39. The zero-order chi connectivity index (χ0) is 22.0. The van der Waals surface area contributed by atoms with Gasteiger partial charge in [-0.3, -0.25) is 0 Å². The van der Waals surface area contributed by atoms with Gasteiger partial charge in [-0.25, -0.2) is 8.42 Å². The van der Waals surface area contributed by atoms with Crippen molar-refractivity contribution in [3.8, 4) is 17.2 Å². The predicted molar refractivity (Wildman–Crippen MR) is 123 cm³/mol. The monoisotopic (exact) mass is 504 g/mol. The van der Waals surface area contributed by atoms with Crippen LogP contribution in [-0.4, -0.2) is 33.6 Å². The maximum atomic E-state index is 13.5. The molecule has 1 saturated heterocycles. The summed E-state index contributed by atoms with van der Waals surface area (Å²) < 4.78 is 39.1. The van der Waals surface area contributed by atoms with Gasteiger partial charge in [0.05, 0.1) is 12.0 Å². The van der Waals surface area contributed by atoms with Crippen molar-refractivity contribution >= 4 is 31.7 Å². The Bertz CT molecular complexity index is 1130. The number of oxazole rings is 1. The third-order valence-corrected chi connectivity index (χ3v) is 7.97. The van der Waals surface area contributed by atoms with Gasteiger partial charge in [0.1, 0.15) is 5.75 Å². The van der Waals surface area contributed by atoms with Crippen LogP contribution in [0.2, 0.25) is 0 Å². The molecule has 0 N–H and O–H groups in total. The van der Waals surface area contributed by atoms with Gasteiger partial charge in [0.15, 0.2) is 0 Å². The average Bonchev–Trinajstić information content (AvgIpc) is 3.26. The normalized spacial score (nSPS) is 15.3. The number of rotatable bonds is 6. The number of aromatic nitrogens is 1. The number of methoxy groups -OCH3 is 1. The summed E-state index contributed by atoms with van der Waals surface area (Å²) in [5, 5.41) is -0.0319. The first-order valence-corrected chi connectivity index (χ1v) is 12.6. The van der Waals surface area contributed by atoms with E-state index in [4.69, 9.17) is 9.15 Å². The quantitative estimate of drug-likeness (QED) is 0.436. The van der Waals surface area contributed by atoms with Crippen LogP contribution in [0.15, 0.2) is 67.3 Å². The standard InChI is InChI=1S/C23H25BrN2O4S/c1-3-16-12-14-26(15-13-16)23-22(31(27,28)20-10-6-18(24)7-11-20)25-21(30-23)17-4-8-19(29-2)9-5-17/h4-11,16H,3,12-15H2,1-2H3. The highest BCUT2D eigenvalue weighted by Gasteiger charge is 2.33. The number of ether oxygens (including phenoxy) is 1. The molecule has 2 aromatic carbocycles. The summed E-state index contributed by atoms with van der Waals surface area (Å²) >= 11 is 3.36. The Morgan fingerprint density at radius 1 is 1.10 bits per heavy atom. The van der Waals surface area contributed by atoms with Gasteiger partial charge < -0.3 is 14.1 Å². The molecule has 3 aromatic rings. The van der Waals surface area contributed by atoms with Crippen LogP contribution in [0.5, 0.6) is 5.75 Å². The van der Waals surface area contributed by atoms with Crippen molar-refractivity contribution in [2.75, 3.05) is 25.1 Å². The molecule has 31 heavy (non-hydrogen) atoms. The van der Waals surface area contributed by atoms with Gasteiger partial charge in [-0.05, 0) is 67.3 Å². The lowest BCUT2D eigenvalue weighted by molar-refractivity contribution is 0.380. The number of benzene rings is 2. The highest BCUT2D eigenvalue weighted by molar-refractivity contribution is 9.10. The summed E-state index contributed by atoms with van der Waals surface area (Å²) in [7, 11) is -2.25. The molecular formula is C23H25BrN2O4S. The van der Waals surface area contributed by atoms with E-state index >= 15 is 0 Å². The number of halogens is 1. The van der Waals surface area contributed by atoms with Gasteiger partial charge in [0.2, 0.25) is 26.6 Å². The maximum absolute atomic E-state index is 13.5. The molecular weight excluding hydrogens is 480 g/mol. The molecule has 0 atom stereocenters. The molecule has 0 aliphatic carbocycles. The number of hydrogen-bond donors (Lipinski definition) is 0. The van der Waals surface area contributed by atoms with Crippen LogP contribution in [0.1, 0.15) is 26.2 Å². The summed E-state index contributed by atoms with van der Waals surface area (Å²) in [6, 6.07) is 13.8. The smallest absolute Gasteiger partial charge is 0.236 e. The van der Waals surface area contributed by atoms with Crippen LogP contribution in [0.4, 0.5) is 5.88 Å². The van der Waals surface area contributed by atoms with Crippen molar-refractivity contribution in [3.63, 3.8) is 0 Å².